The molecule has 4 rings (SSSR count). The highest BCUT2D eigenvalue weighted by Crippen LogP contribution is 2.43. The Morgan fingerprint density at radius 1 is 1.18 bits per heavy atom. The zero-order valence-electron chi connectivity index (χ0n) is 17.0. The third kappa shape index (κ3) is 4.25. The lowest BCUT2D eigenvalue weighted by atomic mass is 9.84. The summed E-state index contributed by atoms with van der Waals surface area (Å²) in [6, 6.07) is 8.13. The minimum absolute atomic E-state index is 0.324. The minimum Gasteiger partial charge on any atom is -0.388 e. The SMILES string of the molecule is Cc1sc2c(c1C(O)CCN1CCN(c3ccc(Cl)cc3)CC1)C(C)CCC2. The van der Waals surface area contributed by atoms with Gasteiger partial charge in [-0.3, -0.25) is 4.90 Å². The third-order valence-electron chi connectivity index (χ3n) is 6.40. The Bertz CT molecular complexity index is 796. The molecule has 0 spiro atoms. The van der Waals surface area contributed by atoms with Gasteiger partial charge in [-0.15, -0.1) is 11.3 Å². The molecule has 1 fully saturated rings. The summed E-state index contributed by atoms with van der Waals surface area (Å²) in [7, 11) is 0. The van der Waals surface area contributed by atoms with Gasteiger partial charge in [-0.05, 0) is 73.9 Å². The van der Waals surface area contributed by atoms with E-state index < -0.39 is 0 Å². The van der Waals surface area contributed by atoms with Crippen LogP contribution in [0.15, 0.2) is 24.3 Å². The van der Waals surface area contributed by atoms with Gasteiger partial charge in [0.2, 0.25) is 0 Å². The number of hydrogen-bond donors (Lipinski definition) is 1. The zero-order valence-corrected chi connectivity index (χ0v) is 18.5. The number of hydrogen-bond acceptors (Lipinski definition) is 4. The smallest absolute Gasteiger partial charge is 0.0815 e. The lowest BCUT2D eigenvalue weighted by Gasteiger charge is -2.36. The highest BCUT2D eigenvalue weighted by molar-refractivity contribution is 7.12. The van der Waals surface area contributed by atoms with Crippen LogP contribution in [-0.2, 0) is 6.42 Å². The van der Waals surface area contributed by atoms with Gasteiger partial charge >= 0.3 is 0 Å². The lowest BCUT2D eigenvalue weighted by Crippen LogP contribution is -2.46. The molecule has 28 heavy (non-hydrogen) atoms. The Kier molecular flexibility index (Phi) is 6.31. The number of anilines is 1. The van der Waals surface area contributed by atoms with Crippen LogP contribution in [0.2, 0.25) is 5.02 Å². The van der Waals surface area contributed by atoms with Crippen molar-refractivity contribution < 1.29 is 5.11 Å². The van der Waals surface area contributed by atoms with Gasteiger partial charge in [0.15, 0.2) is 0 Å². The van der Waals surface area contributed by atoms with Crippen molar-refractivity contribution in [1.82, 2.24) is 4.90 Å². The molecular formula is C23H31ClN2OS. The molecule has 1 N–H and O–H groups in total. The van der Waals surface area contributed by atoms with Crippen molar-refractivity contribution in [3.63, 3.8) is 0 Å². The standard InChI is InChI=1S/C23H31ClN2OS/c1-16-4-3-5-21-22(16)23(17(2)28-21)20(27)10-11-25-12-14-26(15-13-25)19-8-6-18(24)7-9-19/h6-9,16,20,27H,3-5,10-15H2,1-2H3. The van der Waals surface area contributed by atoms with Crippen LogP contribution < -0.4 is 4.90 Å². The fourth-order valence-electron chi connectivity index (χ4n) is 4.82. The molecule has 1 aromatic carbocycles. The van der Waals surface area contributed by atoms with Crippen LogP contribution >= 0.6 is 22.9 Å². The molecule has 0 bridgehead atoms. The maximum Gasteiger partial charge on any atom is 0.0815 e. The van der Waals surface area contributed by atoms with Crippen molar-refractivity contribution in [2.75, 3.05) is 37.6 Å². The predicted octanol–water partition coefficient (Wildman–Crippen LogP) is 5.40. The zero-order chi connectivity index (χ0) is 19.7. The number of rotatable bonds is 5. The second-order valence-corrected chi connectivity index (χ2v) is 10.1. The average Bonchev–Trinajstić information content (AvgIpc) is 3.04. The summed E-state index contributed by atoms with van der Waals surface area (Å²) in [4.78, 5) is 7.78. The molecule has 152 valence electrons. The van der Waals surface area contributed by atoms with E-state index in [0.29, 0.717) is 5.92 Å². The molecule has 2 heterocycles. The highest BCUT2D eigenvalue weighted by Gasteiger charge is 2.28. The Labute approximate surface area is 177 Å². The number of thiophene rings is 1. The van der Waals surface area contributed by atoms with Crippen molar-refractivity contribution in [3.8, 4) is 0 Å². The molecule has 1 aromatic heterocycles. The van der Waals surface area contributed by atoms with Crippen LogP contribution in [0.5, 0.6) is 0 Å². The van der Waals surface area contributed by atoms with Crippen LogP contribution in [0.3, 0.4) is 0 Å². The fraction of sp³-hybridized carbons (Fsp3) is 0.565. The van der Waals surface area contributed by atoms with Gasteiger partial charge in [-0.25, -0.2) is 0 Å². The summed E-state index contributed by atoms with van der Waals surface area (Å²) in [6.45, 7) is 9.64. The minimum atomic E-state index is -0.324. The highest BCUT2D eigenvalue weighted by atomic mass is 35.5. The molecule has 1 saturated heterocycles. The van der Waals surface area contributed by atoms with E-state index in [2.05, 4.69) is 35.8 Å². The largest absolute Gasteiger partial charge is 0.388 e. The first-order valence-corrected chi connectivity index (χ1v) is 11.8. The Balaban J connectivity index is 1.32. The number of benzene rings is 1. The molecule has 2 atom stereocenters. The normalized spacial score (nSPS) is 21.6. The van der Waals surface area contributed by atoms with E-state index >= 15 is 0 Å². The lowest BCUT2D eigenvalue weighted by molar-refractivity contribution is 0.138. The second kappa shape index (κ2) is 8.74. The van der Waals surface area contributed by atoms with E-state index in [-0.39, 0.29) is 6.10 Å². The molecule has 2 unspecified atom stereocenters. The second-order valence-electron chi connectivity index (χ2n) is 8.31. The van der Waals surface area contributed by atoms with E-state index in [1.165, 1.54) is 45.8 Å². The van der Waals surface area contributed by atoms with Crippen LogP contribution in [0.4, 0.5) is 5.69 Å². The first kappa shape index (κ1) is 20.2. The molecule has 3 nitrogen and oxygen atoms in total. The molecule has 1 aliphatic carbocycles. The van der Waals surface area contributed by atoms with E-state index in [1.54, 1.807) is 0 Å². The summed E-state index contributed by atoms with van der Waals surface area (Å²) >= 11 is 7.92. The van der Waals surface area contributed by atoms with Crippen molar-refractivity contribution in [1.29, 1.82) is 0 Å². The van der Waals surface area contributed by atoms with Gasteiger partial charge < -0.3 is 10.0 Å². The van der Waals surface area contributed by atoms with Crippen molar-refractivity contribution in [2.24, 2.45) is 0 Å². The molecule has 1 aliphatic heterocycles. The number of nitrogens with zero attached hydrogens (tertiary/aromatic N) is 2. The van der Waals surface area contributed by atoms with Crippen molar-refractivity contribution in [2.45, 2.75) is 51.6 Å². The summed E-state index contributed by atoms with van der Waals surface area (Å²) in [5.41, 5.74) is 3.99. The van der Waals surface area contributed by atoms with Crippen LogP contribution in [0, 0.1) is 6.92 Å². The summed E-state index contributed by atoms with van der Waals surface area (Å²) in [5, 5.41) is 11.8. The third-order valence-corrected chi connectivity index (χ3v) is 7.84. The molecule has 0 saturated carbocycles. The van der Waals surface area contributed by atoms with Gasteiger partial charge in [-0.1, -0.05) is 18.5 Å². The fourth-order valence-corrected chi connectivity index (χ4v) is 6.34. The molecular weight excluding hydrogens is 388 g/mol. The van der Waals surface area contributed by atoms with Gasteiger partial charge in [0, 0.05) is 53.2 Å². The first-order valence-electron chi connectivity index (χ1n) is 10.6. The summed E-state index contributed by atoms with van der Waals surface area (Å²) in [5.74, 6) is 0.598. The topological polar surface area (TPSA) is 26.7 Å². The molecule has 0 amide bonds. The Hall–Kier alpha value is -1.07. The predicted molar refractivity (Wildman–Crippen MR) is 120 cm³/mol. The number of halogens is 1. The number of piperazine rings is 1. The maximum absolute atomic E-state index is 11.0. The summed E-state index contributed by atoms with van der Waals surface area (Å²) < 4.78 is 0. The number of aryl methyl sites for hydroxylation is 2. The monoisotopic (exact) mass is 418 g/mol. The van der Waals surface area contributed by atoms with Gasteiger partial charge in [0.25, 0.3) is 0 Å². The molecule has 2 aromatic rings. The average molecular weight is 419 g/mol. The van der Waals surface area contributed by atoms with Gasteiger partial charge in [-0.2, -0.15) is 0 Å². The van der Waals surface area contributed by atoms with Crippen molar-refractivity contribution in [3.05, 3.63) is 50.2 Å². The van der Waals surface area contributed by atoms with Crippen molar-refractivity contribution >= 4 is 28.6 Å². The van der Waals surface area contributed by atoms with E-state index in [0.717, 1.165) is 44.2 Å². The Morgan fingerprint density at radius 2 is 1.89 bits per heavy atom. The van der Waals surface area contributed by atoms with Crippen LogP contribution in [0.1, 0.15) is 59.1 Å². The number of fused-ring (bicyclic) bond motifs is 1. The van der Waals surface area contributed by atoms with Crippen LogP contribution in [0.25, 0.3) is 0 Å². The van der Waals surface area contributed by atoms with Crippen LogP contribution in [-0.4, -0.2) is 42.7 Å². The van der Waals surface area contributed by atoms with Gasteiger partial charge in [0.1, 0.15) is 0 Å². The first-order chi connectivity index (χ1) is 13.5. The number of aliphatic hydroxyl groups excluding tert-OH is 1. The molecule has 5 heteroatoms. The maximum atomic E-state index is 11.0. The van der Waals surface area contributed by atoms with Gasteiger partial charge in [0.05, 0.1) is 6.10 Å². The quantitative estimate of drug-likeness (QED) is 0.704. The molecule has 2 aliphatic rings. The molecule has 0 radical (unpaired) electrons. The Morgan fingerprint density at radius 3 is 2.61 bits per heavy atom. The summed E-state index contributed by atoms with van der Waals surface area (Å²) in [6.07, 6.45) is 4.26. The van der Waals surface area contributed by atoms with E-state index in [9.17, 15) is 5.11 Å². The van der Waals surface area contributed by atoms with E-state index in [1.807, 2.05) is 23.5 Å². The van der Waals surface area contributed by atoms with E-state index in [4.69, 9.17) is 11.6 Å². The number of aliphatic hydroxyl groups is 1.